The lowest BCUT2D eigenvalue weighted by atomic mass is 10.2. The number of rotatable bonds is 5. The van der Waals surface area contributed by atoms with E-state index in [1.807, 2.05) is 30.3 Å². The number of cyclic esters (lactones) is 1. The summed E-state index contributed by atoms with van der Waals surface area (Å²) in [5.74, 6) is -0.414. The summed E-state index contributed by atoms with van der Waals surface area (Å²) in [6.07, 6.45) is 1.39. The van der Waals surface area contributed by atoms with E-state index >= 15 is 0 Å². The minimum Gasteiger partial charge on any atom is -0.441 e. The van der Waals surface area contributed by atoms with E-state index in [9.17, 15) is 14.9 Å². The molecule has 0 amide bonds. The molecule has 1 atom stereocenters. The summed E-state index contributed by atoms with van der Waals surface area (Å²) in [4.78, 5) is 22.7. The fourth-order valence-corrected chi connectivity index (χ4v) is 2.99. The number of benzene rings is 2. The highest BCUT2D eigenvalue weighted by atomic mass is 32.2. The van der Waals surface area contributed by atoms with E-state index in [1.165, 1.54) is 30.0 Å². The first-order chi connectivity index (χ1) is 11.1. The molecule has 0 saturated heterocycles. The lowest BCUT2D eigenvalue weighted by molar-refractivity contribution is -0.384. The van der Waals surface area contributed by atoms with E-state index in [-0.39, 0.29) is 5.69 Å². The summed E-state index contributed by atoms with van der Waals surface area (Å²) in [5, 5.41) is 13.7. The van der Waals surface area contributed by atoms with Gasteiger partial charge in [-0.05, 0) is 24.3 Å². The summed E-state index contributed by atoms with van der Waals surface area (Å²) in [5.41, 5.74) is 0.801. The fraction of sp³-hybridized carbons (Fsp3) is 0.0625. The molecular formula is C16H12N2O4S. The summed E-state index contributed by atoms with van der Waals surface area (Å²) < 4.78 is 5.27. The van der Waals surface area contributed by atoms with Gasteiger partial charge in [-0.1, -0.05) is 30.0 Å². The Morgan fingerprint density at radius 1 is 1.09 bits per heavy atom. The number of carbonyl (C=O) groups is 1. The molecule has 0 radical (unpaired) electrons. The van der Waals surface area contributed by atoms with Crippen molar-refractivity contribution < 1.29 is 14.5 Å². The molecule has 0 aliphatic carbocycles. The molecule has 3 rings (SSSR count). The maximum absolute atomic E-state index is 11.5. The van der Waals surface area contributed by atoms with Crippen molar-refractivity contribution in [2.24, 2.45) is 0 Å². The zero-order chi connectivity index (χ0) is 16.2. The van der Waals surface area contributed by atoms with Crippen molar-refractivity contribution in [1.29, 1.82) is 0 Å². The van der Waals surface area contributed by atoms with Crippen LogP contribution in [0.25, 0.3) is 0 Å². The second kappa shape index (κ2) is 6.53. The number of nitrogens with zero attached hydrogens (tertiary/aromatic N) is 1. The Kier molecular flexibility index (Phi) is 4.29. The molecule has 2 aromatic carbocycles. The number of ether oxygens (including phenoxy) is 1. The van der Waals surface area contributed by atoms with Gasteiger partial charge in [0, 0.05) is 28.8 Å². The Bertz CT molecular complexity index is 759. The van der Waals surface area contributed by atoms with E-state index in [1.54, 1.807) is 12.1 Å². The third-order valence-corrected chi connectivity index (χ3v) is 4.21. The Morgan fingerprint density at radius 3 is 2.43 bits per heavy atom. The predicted octanol–water partition coefficient (Wildman–Crippen LogP) is 3.57. The zero-order valence-electron chi connectivity index (χ0n) is 11.8. The number of carbonyl (C=O) groups excluding carboxylic acids is 1. The van der Waals surface area contributed by atoms with Gasteiger partial charge in [0.15, 0.2) is 5.44 Å². The van der Waals surface area contributed by atoms with Gasteiger partial charge in [-0.15, -0.1) is 0 Å². The topological polar surface area (TPSA) is 81.5 Å². The van der Waals surface area contributed by atoms with E-state index in [0.717, 1.165) is 4.90 Å². The molecule has 1 N–H and O–H groups in total. The second-order valence-corrected chi connectivity index (χ2v) is 5.86. The first-order valence-electron chi connectivity index (χ1n) is 6.77. The number of nitro groups is 1. The van der Waals surface area contributed by atoms with Gasteiger partial charge in [-0.3, -0.25) is 10.1 Å². The fourth-order valence-electron chi connectivity index (χ4n) is 2.04. The lowest BCUT2D eigenvalue weighted by Crippen LogP contribution is -2.12. The molecule has 0 fully saturated rings. The first kappa shape index (κ1) is 15.1. The maximum Gasteiger partial charge on any atom is 0.334 e. The Morgan fingerprint density at radius 2 is 1.78 bits per heavy atom. The second-order valence-electron chi connectivity index (χ2n) is 4.73. The van der Waals surface area contributed by atoms with Crippen molar-refractivity contribution in [2.75, 3.05) is 5.32 Å². The Hall–Kier alpha value is -2.80. The van der Waals surface area contributed by atoms with Crippen LogP contribution in [0.5, 0.6) is 0 Å². The minimum atomic E-state index is -0.472. The SMILES string of the molecule is O=C1C=C(Nc2ccc([N+](=O)[O-])cc2)C(Sc2ccccc2)O1. The summed E-state index contributed by atoms with van der Waals surface area (Å²) >= 11 is 1.41. The van der Waals surface area contributed by atoms with Crippen LogP contribution in [-0.2, 0) is 9.53 Å². The molecule has 7 heteroatoms. The average Bonchev–Trinajstić information content (AvgIpc) is 2.88. The molecule has 1 unspecified atom stereocenters. The number of esters is 1. The van der Waals surface area contributed by atoms with Crippen LogP contribution in [0.4, 0.5) is 11.4 Å². The first-order valence-corrected chi connectivity index (χ1v) is 7.65. The van der Waals surface area contributed by atoms with Gasteiger partial charge < -0.3 is 10.1 Å². The molecular weight excluding hydrogens is 316 g/mol. The van der Waals surface area contributed by atoms with Crippen LogP contribution in [0.2, 0.25) is 0 Å². The van der Waals surface area contributed by atoms with Crippen LogP contribution in [0.1, 0.15) is 0 Å². The highest BCUT2D eigenvalue weighted by molar-refractivity contribution is 8.00. The van der Waals surface area contributed by atoms with E-state index in [0.29, 0.717) is 11.4 Å². The molecule has 0 bridgehead atoms. The number of nitrogens with one attached hydrogen (secondary N) is 1. The smallest absolute Gasteiger partial charge is 0.334 e. The summed E-state index contributed by atoms with van der Waals surface area (Å²) in [6, 6.07) is 15.6. The molecule has 1 heterocycles. The van der Waals surface area contributed by atoms with Gasteiger partial charge in [0.25, 0.3) is 5.69 Å². The predicted molar refractivity (Wildman–Crippen MR) is 87.0 cm³/mol. The van der Waals surface area contributed by atoms with Crippen molar-refractivity contribution in [3.63, 3.8) is 0 Å². The molecule has 0 spiro atoms. The van der Waals surface area contributed by atoms with Gasteiger partial charge >= 0.3 is 5.97 Å². The van der Waals surface area contributed by atoms with Crippen molar-refractivity contribution >= 4 is 29.1 Å². The van der Waals surface area contributed by atoms with Gasteiger partial charge in [0.2, 0.25) is 0 Å². The third kappa shape index (κ3) is 3.70. The normalized spacial score (nSPS) is 16.6. The highest BCUT2D eigenvalue weighted by Gasteiger charge is 2.27. The van der Waals surface area contributed by atoms with Gasteiger partial charge in [0.1, 0.15) is 0 Å². The number of hydrogen-bond acceptors (Lipinski definition) is 6. The summed E-state index contributed by atoms with van der Waals surface area (Å²) in [6.45, 7) is 0. The average molecular weight is 328 g/mol. The molecule has 1 aliphatic rings. The largest absolute Gasteiger partial charge is 0.441 e. The molecule has 0 aromatic heterocycles. The number of thioether (sulfide) groups is 1. The molecule has 23 heavy (non-hydrogen) atoms. The van der Waals surface area contributed by atoms with Crippen LogP contribution in [-0.4, -0.2) is 16.3 Å². The number of non-ortho nitro benzene ring substituents is 1. The van der Waals surface area contributed by atoms with Crippen molar-refractivity contribution in [3.8, 4) is 0 Å². The molecule has 0 saturated carbocycles. The number of anilines is 1. The van der Waals surface area contributed by atoms with Crippen LogP contribution in [0.15, 0.2) is 71.3 Å². The quantitative estimate of drug-likeness (QED) is 0.513. The highest BCUT2D eigenvalue weighted by Crippen LogP contribution is 2.33. The van der Waals surface area contributed by atoms with E-state index in [2.05, 4.69) is 5.32 Å². The number of nitro benzene ring substituents is 1. The van der Waals surface area contributed by atoms with Gasteiger partial charge in [0.05, 0.1) is 10.6 Å². The van der Waals surface area contributed by atoms with E-state index < -0.39 is 16.3 Å². The Balaban J connectivity index is 1.73. The van der Waals surface area contributed by atoms with Crippen LogP contribution in [0.3, 0.4) is 0 Å². The van der Waals surface area contributed by atoms with Crippen molar-refractivity contribution in [1.82, 2.24) is 0 Å². The third-order valence-electron chi connectivity index (χ3n) is 3.10. The van der Waals surface area contributed by atoms with Crippen LogP contribution in [0, 0.1) is 10.1 Å². The zero-order valence-corrected chi connectivity index (χ0v) is 12.7. The molecule has 6 nitrogen and oxygen atoms in total. The van der Waals surface area contributed by atoms with Crippen LogP contribution < -0.4 is 5.32 Å². The van der Waals surface area contributed by atoms with Crippen molar-refractivity contribution in [2.45, 2.75) is 10.3 Å². The molecule has 116 valence electrons. The van der Waals surface area contributed by atoms with E-state index in [4.69, 9.17) is 4.74 Å². The van der Waals surface area contributed by atoms with Gasteiger partial charge in [-0.25, -0.2) is 4.79 Å². The monoisotopic (exact) mass is 328 g/mol. The minimum absolute atomic E-state index is 0.0125. The lowest BCUT2D eigenvalue weighted by Gasteiger charge is -2.15. The standard InChI is InChI=1S/C16H12N2O4S/c19-15-10-14(16(22-15)23-13-4-2-1-3-5-13)17-11-6-8-12(9-7-11)18(20)21/h1-10,16-17H. The van der Waals surface area contributed by atoms with Gasteiger partial charge in [-0.2, -0.15) is 0 Å². The maximum atomic E-state index is 11.5. The summed E-state index contributed by atoms with van der Waals surface area (Å²) in [7, 11) is 0. The number of hydrogen-bond donors (Lipinski definition) is 1. The van der Waals surface area contributed by atoms with Crippen LogP contribution >= 0.6 is 11.8 Å². The molecule has 1 aliphatic heterocycles. The Labute approximate surface area is 136 Å². The molecule has 2 aromatic rings. The van der Waals surface area contributed by atoms with Crippen molar-refractivity contribution in [3.05, 3.63) is 76.5 Å².